The number of hydrogen-bond donors (Lipinski definition) is 1. The van der Waals surface area contributed by atoms with Gasteiger partial charge < -0.3 is 10.5 Å². The van der Waals surface area contributed by atoms with Crippen LogP contribution >= 0.6 is 0 Å². The minimum atomic E-state index is -0.0239. The second-order valence-electron chi connectivity index (χ2n) is 4.99. The quantitative estimate of drug-likeness (QED) is 0.767. The standard InChI is InChI=1S/C18H18N2O/c1-2-15(19)14-9-3-4-10-16(14)21-17-11-5-7-13-8-6-12-20-18(13)17/h3-12,15H,2,19H2,1H3/t15-/m0/s1. The molecular weight excluding hydrogens is 260 g/mol. The van der Waals surface area contributed by atoms with Gasteiger partial charge in [0, 0.05) is 23.2 Å². The van der Waals surface area contributed by atoms with Crippen molar-refractivity contribution in [2.75, 3.05) is 0 Å². The third-order valence-corrected chi connectivity index (χ3v) is 3.57. The Morgan fingerprint density at radius 2 is 1.76 bits per heavy atom. The number of ether oxygens (including phenoxy) is 1. The van der Waals surface area contributed by atoms with Gasteiger partial charge in [0.25, 0.3) is 0 Å². The highest BCUT2D eigenvalue weighted by Gasteiger charge is 2.12. The summed E-state index contributed by atoms with van der Waals surface area (Å²) >= 11 is 0. The fourth-order valence-corrected chi connectivity index (χ4v) is 2.38. The van der Waals surface area contributed by atoms with Crippen molar-refractivity contribution in [2.45, 2.75) is 19.4 Å². The number of aromatic nitrogens is 1. The van der Waals surface area contributed by atoms with Gasteiger partial charge >= 0.3 is 0 Å². The smallest absolute Gasteiger partial charge is 0.153 e. The van der Waals surface area contributed by atoms with Gasteiger partial charge in [-0.2, -0.15) is 0 Å². The van der Waals surface area contributed by atoms with Crippen LogP contribution in [0.4, 0.5) is 0 Å². The lowest BCUT2D eigenvalue weighted by molar-refractivity contribution is 0.473. The predicted molar refractivity (Wildman–Crippen MR) is 85.5 cm³/mol. The molecule has 0 amide bonds. The van der Waals surface area contributed by atoms with Gasteiger partial charge in [-0.1, -0.05) is 43.3 Å². The third kappa shape index (κ3) is 2.73. The van der Waals surface area contributed by atoms with Gasteiger partial charge in [-0.15, -0.1) is 0 Å². The molecule has 3 aromatic rings. The summed E-state index contributed by atoms with van der Waals surface area (Å²) in [6.45, 7) is 2.07. The maximum Gasteiger partial charge on any atom is 0.153 e. The second-order valence-corrected chi connectivity index (χ2v) is 4.99. The zero-order valence-electron chi connectivity index (χ0n) is 12.0. The highest BCUT2D eigenvalue weighted by atomic mass is 16.5. The average Bonchev–Trinajstić information content (AvgIpc) is 2.55. The minimum Gasteiger partial charge on any atom is -0.455 e. The van der Waals surface area contributed by atoms with E-state index in [1.54, 1.807) is 6.20 Å². The van der Waals surface area contributed by atoms with E-state index in [2.05, 4.69) is 11.9 Å². The number of hydrogen-bond acceptors (Lipinski definition) is 3. The fraction of sp³-hybridized carbons (Fsp3) is 0.167. The zero-order valence-corrected chi connectivity index (χ0v) is 12.0. The molecule has 0 aliphatic carbocycles. The van der Waals surface area contributed by atoms with Gasteiger partial charge in [0.05, 0.1) is 0 Å². The molecular formula is C18H18N2O. The summed E-state index contributed by atoms with van der Waals surface area (Å²) in [5.74, 6) is 1.55. The highest BCUT2D eigenvalue weighted by molar-refractivity contribution is 5.84. The third-order valence-electron chi connectivity index (χ3n) is 3.57. The van der Waals surface area contributed by atoms with Crippen molar-refractivity contribution in [1.29, 1.82) is 0 Å². The summed E-state index contributed by atoms with van der Waals surface area (Å²) in [5.41, 5.74) is 8.05. The fourth-order valence-electron chi connectivity index (χ4n) is 2.38. The van der Waals surface area contributed by atoms with Crippen LogP contribution in [0.15, 0.2) is 60.8 Å². The van der Waals surface area contributed by atoms with Gasteiger partial charge in [0.15, 0.2) is 5.75 Å². The molecule has 2 N–H and O–H groups in total. The highest BCUT2D eigenvalue weighted by Crippen LogP contribution is 2.32. The van der Waals surface area contributed by atoms with Crippen LogP contribution in [-0.4, -0.2) is 4.98 Å². The largest absolute Gasteiger partial charge is 0.455 e. The Balaban J connectivity index is 2.03. The first-order chi connectivity index (χ1) is 10.3. The Bertz CT molecular complexity index is 750. The lowest BCUT2D eigenvalue weighted by atomic mass is 10.0. The van der Waals surface area contributed by atoms with Crippen molar-refractivity contribution in [3.63, 3.8) is 0 Å². The van der Waals surface area contributed by atoms with E-state index in [1.165, 1.54) is 0 Å². The first-order valence-corrected chi connectivity index (χ1v) is 7.15. The van der Waals surface area contributed by atoms with Crippen molar-refractivity contribution in [3.8, 4) is 11.5 Å². The molecule has 0 saturated carbocycles. The van der Waals surface area contributed by atoms with E-state index in [1.807, 2.05) is 54.6 Å². The molecule has 0 radical (unpaired) electrons. The van der Waals surface area contributed by atoms with Crippen LogP contribution in [0, 0.1) is 0 Å². The summed E-state index contributed by atoms with van der Waals surface area (Å²) in [5, 5.41) is 1.06. The zero-order chi connectivity index (χ0) is 14.7. The van der Waals surface area contributed by atoms with Crippen molar-refractivity contribution in [2.24, 2.45) is 5.73 Å². The van der Waals surface area contributed by atoms with Crippen LogP contribution in [0.25, 0.3) is 10.9 Å². The maximum absolute atomic E-state index is 6.17. The molecule has 3 nitrogen and oxygen atoms in total. The lowest BCUT2D eigenvalue weighted by Crippen LogP contribution is -2.09. The van der Waals surface area contributed by atoms with Crippen LogP contribution in [0.1, 0.15) is 24.9 Å². The Morgan fingerprint density at radius 3 is 2.62 bits per heavy atom. The summed E-state index contributed by atoms with van der Waals surface area (Å²) in [6.07, 6.45) is 2.65. The molecule has 0 spiro atoms. The Kier molecular flexibility index (Phi) is 3.84. The van der Waals surface area contributed by atoms with Crippen LogP contribution in [-0.2, 0) is 0 Å². The van der Waals surface area contributed by atoms with Crippen molar-refractivity contribution < 1.29 is 4.74 Å². The lowest BCUT2D eigenvalue weighted by Gasteiger charge is -2.16. The first kappa shape index (κ1) is 13.6. The first-order valence-electron chi connectivity index (χ1n) is 7.15. The van der Waals surface area contributed by atoms with E-state index in [0.29, 0.717) is 0 Å². The molecule has 0 bridgehead atoms. The van der Waals surface area contributed by atoms with Gasteiger partial charge in [-0.05, 0) is 24.6 Å². The number of nitrogens with zero attached hydrogens (tertiary/aromatic N) is 1. The normalized spacial score (nSPS) is 12.3. The molecule has 1 heterocycles. The average molecular weight is 278 g/mol. The number of rotatable bonds is 4. The van der Waals surface area contributed by atoms with E-state index in [-0.39, 0.29) is 6.04 Å². The second kappa shape index (κ2) is 5.94. The van der Waals surface area contributed by atoms with E-state index < -0.39 is 0 Å². The number of pyridine rings is 1. The van der Waals surface area contributed by atoms with Gasteiger partial charge in [-0.3, -0.25) is 4.98 Å². The van der Waals surface area contributed by atoms with Gasteiger partial charge in [-0.25, -0.2) is 0 Å². The molecule has 106 valence electrons. The van der Waals surface area contributed by atoms with E-state index in [0.717, 1.165) is 34.4 Å². The van der Waals surface area contributed by atoms with E-state index >= 15 is 0 Å². The van der Waals surface area contributed by atoms with Crippen LogP contribution in [0.3, 0.4) is 0 Å². The number of nitrogens with two attached hydrogens (primary N) is 1. The number of fused-ring (bicyclic) bond motifs is 1. The van der Waals surface area contributed by atoms with Crippen molar-refractivity contribution in [1.82, 2.24) is 4.98 Å². The van der Waals surface area contributed by atoms with Crippen LogP contribution in [0.2, 0.25) is 0 Å². The van der Waals surface area contributed by atoms with E-state index in [9.17, 15) is 0 Å². The maximum atomic E-state index is 6.17. The molecule has 3 heteroatoms. The summed E-state index contributed by atoms with van der Waals surface area (Å²) in [6, 6.07) is 17.8. The van der Waals surface area contributed by atoms with Crippen LogP contribution in [0.5, 0.6) is 11.5 Å². The monoisotopic (exact) mass is 278 g/mol. The van der Waals surface area contributed by atoms with Crippen molar-refractivity contribution >= 4 is 10.9 Å². The predicted octanol–water partition coefficient (Wildman–Crippen LogP) is 4.44. The molecule has 0 saturated heterocycles. The molecule has 0 fully saturated rings. The van der Waals surface area contributed by atoms with Crippen LogP contribution < -0.4 is 10.5 Å². The van der Waals surface area contributed by atoms with Gasteiger partial charge in [0.2, 0.25) is 0 Å². The minimum absolute atomic E-state index is 0.0239. The number of benzene rings is 2. The summed E-state index contributed by atoms with van der Waals surface area (Å²) in [7, 11) is 0. The van der Waals surface area contributed by atoms with Crippen molar-refractivity contribution in [3.05, 3.63) is 66.4 Å². The molecule has 3 rings (SSSR count). The Morgan fingerprint density at radius 1 is 1.00 bits per heavy atom. The molecule has 1 atom stereocenters. The molecule has 0 unspecified atom stereocenters. The SMILES string of the molecule is CC[C@H](N)c1ccccc1Oc1cccc2cccnc12. The summed E-state index contributed by atoms with van der Waals surface area (Å²) in [4.78, 5) is 4.42. The summed E-state index contributed by atoms with van der Waals surface area (Å²) < 4.78 is 6.10. The van der Waals surface area contributed by atoms with Gasteiger partial charge in [0.1, 0.15) is 11.3 Å². The topological polar surface area (TPSA) is 48.1 Å². The molecule has 0 aliphatic rings. The molecule has 2 aromatic carbocycles. The number of para-hydroxylation sites is 2. The Labute approximate surface area is 124 Å². The van der Waals surface area contributed by atoms with E-state index in [4.69, 9.17) is 10.5 Å². The molecule has 1 aromatic heterocycles. The molecule has 0 aliphatic heterocycles. The Hall–Kier alpha value is -2.39. The molecule has 21 heavy (non-hydrogen) atoms.